The van der Waals surface area contributed by atoms with Crippen LogP contribution < -0.4 is 0 Å². The Kier molecular flexibility index (Phi) is 6.13. The first-order chi connectivity index (χ1) is 14.6. The Balaban J connectivity index is 1.35. The van der Waals surface area contributed by atoms with E-state index in [9.17, 15) is 13.6 Å². The molecule has 0 spiro atoms. The monoisotopic (exact) mass is 411 g/mol. The summed E-state index contributed by atoms with van der Waals surface area (Å²) in [6.07, 6.45) is 2.43. The van der Waals surface area contributed by atoms with Crippen molar-refractivity contribution in [2.75, 3.05) is 26.2 Å². The molecule has 30 heavy (non-hydrogen) atoms. The van der Waals surface area contributed by atoms with Crippen LogP contribution in [0.3, 0.4) is 0 Å². The quantitative estimate of drug-likeness (QED) is 0.648. The number of hydrogen-bond donors (Lipinski definition) is 0. The summed E-state index contributed by atoms with van der Waals surface area (Å²) in [6, 6.07) is 12.9. The van der Waals surface area contributed by atoms with Crippen LogP contribution in [-0.4, -0.2) is 56.9 Å². The van der Waals surface area contributed by atoms with Gasteiger partial charge in [0.15, 0.2) is 5.69 Å². The van der Waals surface area contributed by atoms with E-state index < -0.39 is 0 Å². The number of carbonyl (C=O) groups is 1. The van der Waals surface area contributed by atoms with Crippen LogP contribution in [0.25, 0.3) is 0 Å². The summed E-state index contributed by atoms with van der Waals surface area (Å²) in [4.78, 5) is 16.8. The molecule has 2 aromatic carbocycles. The maximum Gasteiger partial charge on any atom is 0.276 e. The SMILES string of the molecule is O=C(c1cn(Cc2ccc(F)cc2)nn1)N1CCCN(Cc2ccccc2F)CC1. The van der Waals surface area contributed by atoms with Crippen LogP contribution >= 0.6 is 0 Å². The Bertz CT molecular complexity index is 1000. The first-order valence-corrected chi connectivity index (χ1v) is 9.98. The maximum absolute atomic E-state index is 13.9. The minimum Gasteiger partial charge on any atom is -0.336 e. The number of nitrogens with zero attached hydrogens (tertiary/aromatic N) is 5. The molecule has 156 valence electrons. The van der Waals surface area contributed by atoms with E-state index >= 15 is 0 Å². The molecule has 2 heterocycles. The summed E-state index contributed by atoms with van der Waals surface area (Å²) in [5, 5.41) is 8.05. The highest BCUT2D eigenvalue weighted by molar-refractivity contribution is 5.91. The van der Waals surface area contributed by atoms with Gasteiger partial charge >= 0.3 is 0 Å². The third kappa shape index (κ3) is 4.88. The van der Waals surface area contributed by atoms with Gasteiger partial charge in [-0.15, -0.1) is 5.10 Å². The molecular formula is C22H23F2N5O. The molecule has 6 nitrogen and oxygen atoms in total. The minimum absolute atomic E-state index is 0.159. The van der Waals surface area contributed by atoms with Crippen LogP contribution in [-0.2, 0) is 13.1 Å². The lowest BCUT2D eigenvalue weighted by Crippen LogP contribution is -2.35. The molecule has 0 atom stereocenters. The van der Waals surface area contributed by atoms with Crippen molar-refractivity contribution >= 4 is 5.91 Å². The van der Waals surface area contributed by atoms with Crippen LogP contribution in [0.5, 0.6) is 0 Å². The van der Waals surface area contributed by atoms with E-state index in [2.05, 4.69) is 15.2 Å². The highest BCUT2D eigenvalue weighted by atomic mass is 19.1. The van der Waals surface area contributed by atoms with Gasteiger partial charge in [-0.25, -0.2) is 13.5 Å². The second kappa shape index (κ2) is 9.13. The number of benzene rings is 2. The van der Waals surface area contributed by atoms with E-state index in [0.29, 0.717) is 44.0 Å². The molecule has 1 amide bonds. The summed E-state index contributed by atoms with van der Waals surface area (Å²) in [5.74, 6) is -0.654. The Morgan fingerprint density at radius 2 is 1.73 bits per heavy atom. The molecule has 0 saturated carbocycles. The lowest BCUT2D eigenvalue weighted by atomic mass is 10.2. The minimum atomic E-state index is -0.293. The average Bonchev–Trinajstić information content (AvgIpc) is 3.08. The molecule has 0 radical (unpaired) electrons. The lowest BCUT2D eigenvalue weighted by Gasteiger charge is -2.21. The Labute approximate surface area is 173 Å². The second-order valence-corrected chi connectivity index (χ2v) is 7.44. The summed E-state index contributed by atoms with van der Waals surface area (Å²) in [6.45, 7) is 3.59. The first kappa shape index (κ1) is 20.2. The third-order valence-electron chi connectivity index (χ3n) is 5.24. The molecule has 0 N–H and O–H groups in total. The van der Waals surface area contributed by atoms with Gasteiger partial charge in [-0.05, 0) is 30.2 Å². The van der Waals surface area contributed by atoms with Gasteiger partial charge in [0, 0.05) is 38.3 Å². The molecule has 0 bridgehead atoms. The van der Waals surface area contributed by atoms with Gasteiger partial charge in [0.2, 0.25) is 0 Å². The van der Waals surface area contributed by atoms with Gasteiger partial charge in [0.05, 0.1) is 12.7 Å². The molecule has 1 fully saturated rings. The maximum atomic E-state index is 13.9. The number of aromatic nitrogens is 3. The fraction of sp³-hybridized carbons (Fsp3) is 0.318. The van der Waals surface area contributed by atoms with E-state index in [4.69, 9.17) is 0 Å². The highest BCUT2D eigenvalue weighted by Gasteiger charge is 2.23. The molecule has 1 aliphatic rings. The average molecular weight is 411 g/mol. The molecule has 3 aromatic rings. The van der Waals surface area contributed by atoms with Gasteiger partial charge in [-0.1, -0.05) is 35.5 Å². The van der Waals surface area contributed by atoms with Crippen molar-refractivity contribution in [1.29, 1.82) is 0 Å². The molecule has 1 aliphatic heterocycles. The van der Waals surface area contributed by atoms with Crippen molar-refractivity contribution < 1.29 is 13.6 Å². The predicted molar refractivity (Wildman–Crippen MR) is 108 cm³/mol. The van der Waals surface area contributed by atoms with Crippen molar-refractivity contribution in [3.8, 4) is 0 Å². The zero-order valence-electron chi connectivity index (χ0n) is 16.5. The van der Waals surface area contributed by atoms with Crippen molar-refractivity contribution in [3.63, 3.8) is 0 Å². The van der Waals surface area contributed by atoms with Gasteiger partial charge < -0.3 is 4.90 Å². The number of halogens is 2. The molecule has 1 saturated heterocycles. The molecule has 0 aliphatic carbocycles. The summed E-state index contributed by atoms with van der Waals surface area (Å²) >= 11 is 0. The zero-order valence-corrected chi connectivity index (χ0v) is 16.5. The van der Waals surface area contributed by atoms with Gasteiger partial charge in [-0.3, -0.25) is 9.69 Å². The van der Waals surface area contributed by atoms with Gasteiger partial charge in [0.1, 0.15) is 11.6 Å². The van der Waals surface area contributed by atoms with Crippen molar-refractivity contribution in [2.45, 2.75) is 19.5 Å². The Morgan fingerprint density at radius 1 is 0.933 bits per heavy atom. The van der Waals surface area contributed by atoms with Crippen LogP contribution in [0.2, 0.25) is 0 Å². The topological polar surface area (TPSA) is 54.3 Å². The van der Waals surface area contributed by atoms with E-state index in [0.717, 1.165) is 18.5 Å². The Hall–Kier alpha value is -3.13. The first-order valence-electron chi connectivity index (χ1n) is 9.98. The molecule has 4 rings (SSSR count). The third-order valence-corrected chi connectivity index (χ3v) is 5.24. The number of rotatable bonds is 5. The lowest BCUT2D eigenvalue weighted by molar-refractivity contribution is 0.0755. The Morgan fingerprint density at radius 3 is 2.53 bits per heavy atom. The van der Waals surface area contributed by atoms with Gasteiger partial charge in [-0.2, -0.15) is 0 Å². The number of carbonyl (C=O) groups excluding carboxylic acids is 1. The van der Waals surface area contributed by atoms with Crippen molar-refractivity contribution in [3.05, 3.63) is 83.2 Å². The van der Waals surface area contributed by atoms with Crippen LogP contribution in [0.1, 0.15) is 28.0 Å². The molecule has 1 aromatic heterocycles. The van der Waals surface area contributed by atoms with E-state index in [1.54, 1.807) is 40.0 Å². The van der Waals surface area contributed by atoms with E-state index in [-0.39, 0.29) is 17.5 Å². The van der Waals surface area contributed by atoms with Crippen molar-refractivity contribution in [1.82, 2.24) is 24.8 Å². The smallest absolute Gasteiger partial charge is 0.276 e. The molecule has 0 unspecified atom stereocenters. The van der Waals surface area contributed by atoms with Gasteiger partial charge in [0.25, 0.3) is 5.91 Å². The normalized spacial score (nSPS) is 15.2. The van der Waals surface area contributed by atoms with E-state index in [1.165, 1.54) is 18.2 Å². The van der Waals surface area contributed by atoms with Crippen LogP contribution in [0.4, 0.5) is 8.78 Å². The van der Waals surface area contributed by atoms with E-state index in [1.807, 2.05) is 6.07 Å². The standard InChI is InChI=1S/C22H23F2N5O/c23-19-8-6-17(7-9-19)14-29-16-21(25-26-29)22(30)28-11-3-10-27(12-13-28)15-18-4-1-2-5-20(18)24/h1-2,4-9,16H,3,10-15H2. The largest absolute Gasteiger partial charge is 0.336 e. The predicted octanol–water partition coefficient (Wildman–Crippen LogP) is 2.95. The summed E-state index contributed by atoms with van der Waals surface area (Å²) in [7, 11) is 0. The van der Waals surface area contributed by atoms with Crippen LogP contribution in [0.15, 0.2) is 54.7 Å². The fourth-order valence-electron chi connectivity index (χ4n) is 3.61. The second-order valence-electron chi connectivity index (χ2n) is 7.44. The fourth-order valence-corrected chi connectivity index (χ4v) is 3.61. The zero-order chi connectivity index (χ0) is 20.9. The molecule has 8 heteroatoms. The summed E-state index contributed by atoms with van der Waals surface area (Å²) < 4.78 is 28.5. The summed E-state index contributed by atoms with van der Waals surface area (Å²) in [5.41, 5.74) is 1.83. The van der Waals surface area contributed by atoms with Crippen LogP contribution in [0, 0.1) is 11.6 Å². The number of amides is 1. The van der Waals surface area contributed by atoms with Crippen molar-refractivity contribution in [2.24, 2.45) is 0 Å². The molecular weight excluding hydrogens is 388 g/mol. The highest BCUT2D eigenvalue weighted by Crippen LogP contribution is 2.14. The number of hydrogen-bond acceptors (Lipinski definition) is 4.